The second kappa shape index (κ2) is 20.6. The van der Waals surface area contributed by atoms with Crippen LogP contribution in [0.4, 0.5) is 5.69 Å². The lowest BCUT2D eigenvalue weighted by molar-refractivity contribution is -0.125. The monoisotopic (exact) mass is 699 g/mol. The first-order valence-electron chi connectivity index (χ1n) is 18.7. The lowest BCUT2D eigenvalue weighted by atomic mass is 9.51. The van der Waals surface area contributed by atoms with Crippen LogP contribution in [0.25, 0.3) is 0 Å². The molecule has 0 spiro atoms. The summed E-state index contributed by atoms with van der Waals surface area (Å²) < 4.78 is 0. The minimum absolute atomic E-state index is 0.0580. The second-order valence-corrected chi connectivity index (χ2v) is 14.3. The molecule has 0 heterocycles. The highest BCUT2D eigenvalue weighted by Crippen LogP contribution is 2.65. The summed E-state index contributed by atoms with van der Waals surface area (Å²) in [6.07, 6.45) is 15.7. The normalized spacial score (nSPS) is 26.0. The van der Waals surface area contributed by atoms with Crippen LogP contribution in [-0.2, 0) is 9.59 Å². The summed E-state index contributed by atoms with van der Waals surface area (Å²) in [7, 11) is 2.18. The van der Waals surface area contributed by atoms with Crippen molar-refractivity contribution in [2.75, 3.05) is 30.4 Å². The maximum absolute atomic E-state index is 12.8. The average molecular weight is 701 g/mol. The molecule has 46 heavy (non-hydrogen) atoms. The van der Waals surface area contributed by atoms with E-state index in [-0.39, 0.29) is 11.3 Å². The van der Waals surface area contributed by atoms with Crippen LogP contribution in [0.5, 0.6) is 0 Å². The number of alkyl halides is 1. The number of halogens is 1. The van der Waals surface area contributed by atoms with Crippen molar-refractivity contribution >= 4 is 33.2 Å². The molecule has 0 bridgehead atoms. The Morgan fingerprint density at radius 2 is 1.59 bits per heavy atom. The number of aliphatic hydroxyl groups is 1. The van der Waals surface area contributed by atoms with Gasteiger partial charge in [-0.1, -0.05) is 94.4 Å². The van der Waals surface area contributed by atoms with E-state index in [1.807, 2.05) is 40.7 Å². The molecule has 5 rings (SSSR count). The molecule has 4 aliphatic carbocycles. The predicted molar refractivity (Wildman–Crippen MR) is 201 cm³/mol. The van der Waals surface area contributed by atoms with E-state index in [1.54, 1.807) is 5.57 Å². The van der Waals surface area contributed by atoms with Crippen LogP contribution in [0, 0.1) is 23.2 Å². The first-order chi connectivity index (χ1) is 22.2. The molecule has 1 N–H and O–H groups in total. The van der Waals surface area contributed by atoms with Crippen molar-refractivity contribution in [3.63, 3.8) is 0 Å². The number of fused-ring (bicyclic) bond motifs is 4. The Morgan fingerprint density at radius 1 is 0.957 bits per heavy atom. The SMILES string of the molecule is CC.CC.CC(=O)C1CCC2C3CCC4=CC(=O)CCC4=C3C(c3ccc(N(C)CCCCCCCO)cc3)CC12C.CCCBr. The second-order valence-electron chi connectivity index (χ2n) is 13.5. The molecule has 0 radical (unpaired) electrons. The topological polar surface area (TPSA) is 57.6 Å². The highest BCUT2D eigenvalue weighted by molar-refractivity contribution is 9.09. The molecule has 4 nitrogen and oxygen atoms in total. The van der Waals surface area contributed by atoms with Gasteiger partial charge in [-0.15, -0.1) is 0 Å². The highest BCUT2D eigenvalue weighted by Gasteiger charge is 2.57. The zero-order valence-electron chi connectivity index (χ0n) is 30.6. The van der Waals surface area contributed by atoms with E-state index < -0.39 is 0 Å². The number of ketones is 2. The number of allylic oxidation sites excluding steroid dienone is 4. The molecule has 2 fully saturated rings. The summed E-state index contributed by atoms with van der Waals surface area (Å²) in [6.45, 7) is 15.7. The van der Waals surface area contributed by atoms with E-state index in [2.05, 4.69) is 66.0 Å². The molecule has 0 saturated heterocycles. The highest BCUT2D eigenvalue weighted by atomic mass is 79.9. The van der Waals surface area contributed by atoms with Gasteiger partial charge < -0.3 is 10.0 Å². The summed E-state index contributed by atoms with van der Waals surface area (Å²) in [5.74, 6) is 2.29. The van der Waals surface area contributed by atoms with Crippen LogP contribution in [0.2, 0.25) is 0 Å². The third-order valence-electron chi connectivity index (χ3n) is 10.8. The number of Topliss-reactive ketones (excluding diaryl/α,β-unsaturated/α-hetero) is 1. The van der Waals surface area contributed by atoms with Gasteiger partial charge in [-0.3, -0.25) is 9.59 Å². The smallest absolute Gasteiger partial charge is 0.156 e. The zero-order valence-corrected chi connectivity index (χ0v) is 32.2. The number of nitrogens with zero attached hydrogens (tertiary/aromatic N) is 1. The molecule has 5 unspecified atom stereocenters. The lowest BCUT2D eigenvalue weighted by Crippen LogP contribution is -2.44. The number of rotatable bonds is 11. The van der Waals surface area contributed by atoms with Gasteiger partial charge in [0.1, 0.15) is 5.78 Å². The first kappa shape index (κ1) is 40.5. The van der Waals surface area contributed by atoms with Crippen LogP contribution in [0.3, 0.4) is 0 Å². The van der Waals surface area contributed by atoms with Gasteiger partial charge in [-0.05, 0) is 117 Å². The van der Waals surface area contributed by atoms with Gasteiger partial charge in [-0.25, -0.2) is 0 Å². The van der Waals surface area contributed by atoms with Gasteiger partial charge in [0.05, 0.1) is 0 Å². The molecule has 0 amide bonds. The molecule has 2 saturated carbocycles. The Bertz CT molecular complexity index is 1140. The number of carbonyl (C=O) groups is 2. The predicted octanol–water partition coefficient (Wildman–Crippen LogP) is 11.0. The van der Waals surface area contributed by atoms with Crippen molar-refractivity contribution in [1.82, 2.24) is 0 Å². The number of carbonyl (C=O) groups excluding carboxylic acids is 2. The van der Waals surface area contributed by atoms with Crippen LogP contribution in [0.1, 0.15) is 143 Å². The van der Waals surface area contributed by atoms with E-state index in [0.717, 1.165) is 63.2 Å². The average Bonchev–Trinajstić information content (AvgIpc) is 3.44. The van der Waals surface area contributed by atoms with Gasteiger partial charge in [0.15, 0.2) is 5.78 Å². The fourth-order valence-electron chi connectivity index (χ4n) is 8.71. The number of benzene rings is 1. The van der Waals surface area contributed by atoms with Crippen molar-refractivity contribution in [3.05, 3.63) is 52.6 Å². The van der Waals surface area contributed by atoms with E-state index in [1.165, 1.54) is 48.1 Å². The quantitative estimate of drug-likeness (QED) is 0.184. The summed E-state index contributed by atoms with van der Waals surface area (Å²) in [6, 6.07) is 9.26. The standard InChI is InChI=1S/C34H47NO3.C3H7Br.2C2H6/c1-23(37)31-17-18-32-29-15-11-25-21-27(38)14-16-28(25)33(29)30(22-34(31,32)2)24-9-12-26(13-10-24)35(3)19-7-5-4-6-8-20-36;1-2-3-4;2*1-2/h9-10,12-13,21,29-32,36H,4-8,11,14-20,22H2,1-3H3;2-3H2,1H3;2*1-2H3. The van der Waals surface area contributed by atoms with Gasteiger partial charge in [0, 0.05) is 49.5 Å². The summed E-state index contributed by atoms with van der Waals surface area (Å²) >= 11 is 3.25. The molecule has 4 aliphatic rings. The van der Waals surface area contributed by atoms with Crippen LogP contribution >= 0.6 is 15.9 Å². The molecule has 5 heteroatoms. The number of hydrogen-bond donors (Lipinski definition) is 1. The molecule has 0 aromatic heterocycles. The summed E-state index contributed by atoms with van der Waals surface area (Å²) in [5.41, 5.74) is 7.10. The minimum Gasteiger partial charge on any atom is -0.396 e. The Balaban J connectivity index is 0.000000841. The van der Waals surface area contributed by atoms with Crippen molar-refractivity contribution < 1.29 is 14.7 Å². The van der Waals surface area contributed by atoms with Gasteiger partial charge in [0.2, 0.25) is 0 Å². The number of unbranched alkanes of at least 4 members (excludes halogenated alkanes) is 4. The molecule has 1 aromatic rings. The van der Waals surface area contributed by atoms with Crippen LogP contribution in [0.15, 0.2) is 47.1 Å². The van der Waals surface area contributed by atoms with Crippen LogP contribution < -0.4 is 4.90 Å². The van der Waals surface area contributed by atoms with Gasteiger partial charge in [0.25, 0.3) is 0 Å². The van der Waals surface area contributed by atoms with Crippen molar-refractivity contribution in [1.29, 1.82) is 0 Å². The number of anilines is 1. The third kappa shape index (κ3) is 9.91. The molecular formula is C41H66BrNO3. The molecule has 1 aromatic carbocycles. The Kier molecular flexibility index (Phi) is 18.1. The summed E-state index contributed by atoms with van der Waals surface area (Å²) in [4.78, 5) is 27.4. The van der Waals surface area contributed by atoms with Gasteiger partial charge >= 0.3 is 0 Å². The summed E-state index contributed by atoms with van der Waals surface area (Å²) in [5, 5.41) is 10.1. The molecular weight excluding hydrogens is 634 g/mol. The van der Waals surface area contributed by atoms with E-state index in [0.29, 0.717) is 42.3 Å². The van der Waals surface area contributed by atoms with Crippen molar-refractivity contribution in [2.24, 2.45) is 23.2 Å². The Labute approximate surface area is 291 Å². The fraction of sp³-hybridized carbons (Fsp3) is 0.707. The van der Waals surface area contributed by atoms with E-state index in [9.17, 15) is 9.59 Å². The van der Waals surface area contributed by atoms with E-state index >= 15 is 0 Å². The largest absolute Gasteiger partial charge is 0.396 e. The number of hydrogen-bond acceptors (Lipinski definition) is 4. The van der Waals surface area contributed by atoms with Crippen molar-refractivity contribution in [3.8, 4) is 0 Å². The lowest BCUT2D eigenvalue weighted by Gasteiger charge is -2.52. The molecule has 5 atom stereocenters. The molecule has 260 valence electrons. The Hall–Kier alpha value is -1.72. The minimum atomic E-state index is 0.0580. The fourth-order valence-corrected chi connectivity index (χ4v) is 8.71. The van der Waals surface area contributed by atoms with Crippen molar-refractivity contribution in [2.45, 2.75) is 138 Å². The third-order valence-corrected chi connectivity index (χ3v) is 11.6. The van der Waals surface area contributed by atoms with Gasteiger partial charge in [-0.2, -0.15) is 0 Å². The van der Waals surface area contributed by atoms with Crippen LogP contribution in [-0.4, -0.2) is 42.2 Å². The molecule has 0 aliphatic heterocycles. The first-order valence-corrected chi connectivity index (χ1v) is 19.8. The maximum atomic E-state index is 12.8. The number of aliphatic hydroxyl groups excluding tert-OH is 1. The zero-order chi connectivity index (χ0) is 34.3. The maximum Gasteiger partial charge on any atom is 0.156 e. The Morgan fingerprint density at radius 3 is 2.20 bits per heavy atom. The van der Waals surface area contributed by atoms with E-state index in [4.69, 9.17) is 5.11 Å².